The third-order valence-electron chi connectivity index (χ3n) is 5.95. The van der Waals surface area contributed by atoms with E-state index in [0.29, 0.717) is 5.56 Å². The highest BCUT2D eigenvalue weighted by Gasteiger charge is 2.67. The molecule has 210 valence electrons. The molecule has 1 aromatic heterocycles. The number of nitrogens with one attached hydrogen (secondary N) is 2. The molecule has 39 heavy (non-hydrogen) atoms. The van der Waals surface area contributed by atoms with E-state index in [1.807, 2.05) is 0 Å². The number of tetrazole rings is 1. The fraction of sp³-hybridized carbons (Fsp3) is 0.429. The Morgan fingerprint density at radius 1 is 1.38 bits per heavy atom. The highest BCUT2D eigenvalue weighted by atomic mass is 32.2. The first-order chi connectivity index (χ1) is 18.5. The van der Waals surface area contributed by atoms with Crippen LogP contribution in [-0.4, -0.2) is 100 Å². The number of nitrogens with zero attached hydrogens (tertiary/aromatic N) is 4. The third kappa shape index (κ3) is 5.75. The van der Waals surface area contributed by atoms with Crippen LogP contribution in [0.15, 0.2) is 46.8 Å². The number of fused-ring (bicyclic) bond motifs is 1. The minimum absolute atomic E-state index is 0.0139. The van der Waals surface area contributed by atoms with Gasteiger partial charge in [-0.05, 0) is 23.3 Å². The highest BCUT2D eigenvalue weighted by molar-refractivity contribution is 8.01. The van der Waals surface area contributed by atoms with Gasteiger partial charge < -0.3 is 29.7 Å². The molecule has 2 amide bonds. The van der Waals surface area contributed by atoms with Crippen LogP contribution in [0.25, 0.3) is 0 Å². The Morgan fingerprint density at radius 3 is 2.69 bits per heavy atom. The molecule has 3 unspecified atom stereocenters. The number of ether oxygens (including phenoxy) is 1. The van der Waals surface area contributed by atoms with Crippen molar-refractivity contribution < 1.29 is 43.3 Å². The van der Waals surface area contributed by atoms with Gasteiger partial charge in [-0.3, -0.25) is 19.1 Å². The van der Waals surface area contributed by atoms with Crippen LogP contribution in [0.3, 0.4) is 0 Å². The zero-order chi connectivity index (χ0) is 28.4. The van der Waals surface area contributed by atoms with Crippen LogP contribution < -0.4 is 5.32 Å². The first-order valence-electron chi connectivity index (χ1n) is 11.4. The van der Waals surface area contributed by atoms with Gasteiger partial charge >= 0.3 is 13.6 Å². The van der Waals surface area contributed by atoms with E-state index in [9.17, 15) is 34.1 Å². The molecule has 0 aliphatic carbocycles. The molecule has 4 rings (SSSR count). The maximum absolute atomic E-state index is 13.4. The van der Waals surface area contributed by atoms with E-state index >= 15 is 0 Å². The fourth-order valence-corrected chi connectivity index (χ4v) is 8.61. The van der Waals surface area contributed by atoms with E-state index in [2.05, 4.69) is 25.9 Å². The molecule has 1 saturated heterocycles. The molecule has 3 heterocycles. The summed E-state index contributed by atoms with van der Waals surface area (Å²) in [5.74, 6) is -3.27. The molecule has 2 aliphatic rings. The second-order valence-corrected chi connectivity index (χ2v) is 12.4. The first kappa shape index (κ1) is 29.2. The summed E-state index contributed by atoms with van der Waals surface area (Å²) in [5, 5.41) is 34.5. The van der Waals surface area contributed by atoms with Crippen LogP contribution in [0.4, 0.5) is 0 Å². The number of amides is 2. The van der Waals surface area contributed by atoms with Crippen LogP contribution in [0.2, 0.25) is 0 Å². The first-order valence-corrected chi connectivity index (χ1v) is 15.1. The van der Waals surface area contributed by atoms with Gasteiger partial charge in [-0.2, -0.15) is 5.21 Å². The van der Waals surface area contributed by atoms with Gasteiger partial charge in [0.1, 0.15) is 11.1 Å². The van der Waals surface area contributed by atoms with Gasteiger partial charge in [0.05, 0.1) is 12.8 Å². The number of H-pyrrole nitrogens is 1. The van der Waals surface area contributed by atoms with E-state index in [0.717, 1.165) is 28.4 Å². The second-order valence-electron chi connectivity index (χ2n) is 8.30. The van der Waals surface area contributed by atoms with Gasteiger partial charge in [0.2, 0.25) is 5.16 Å². The number of hydrogen-bond donors (Lipinski definition) is 5. The smallest absolute Gasteiger partial charge is 0.352 e. The molecule has 2 aliphatic heterocycles. The Hall–Kier alpha value is -2.79. The average Bonchev–Trinajstić information content (AvgIpc) is 3.43. The summed E-state index contributed by atoms with van der Waals surface area (Å²) in [5.41, 5.74) is -1.93. The second kappa shape index (κ2) is 11.8. The quantitative estimate of drug-likeness (QED) is 0.0960. The van der Waals surface area contributed by atoms with Gasteiger partial charge in [0.25, 0.3) is 17.5 Å². The van der Waals surface area contributed by atoms with Crippen LogP contribution >= 0.6 is 31.1 Å². The third-order valence-corrected chi connectivity index (χ3v) is 10.1. The maximum Gasteiger partial charge on any atom is 0.352 e. The van der Waals surface area contributed by atoms with Crippen molar-refractivity contribution in [3.63, 3.8) is 0 Å². The number of aromatic nitrogens is 4. The SMILES string of the molecule is CCOP(=O)(O)CC(Sc1nn[nH]n1)C1=C(C(=O)O)N2C(=O)[C@@](NC(=O)C(O)c3ccccc3)(OC)[C@@H]2SC1. The number of carbonyl (C=O) groups is 3. The predicted octanol–water partition coefficient (Wildman–Crippen LogP) is 0.329. The summed E-state index contributed by atoms with van der Waals surface area (Å²) in [6, 6.07) is 8.06. The minimum Gasteiger partial charge on any atom is -0.477 e. The molecule has 1 fully saturated rings. The van der Waals surface area contributed by atoms with E-state index in [1.165, 1.54) is 19.2 Å². The number of rotatable bonds is 12. The minimum atomic E-state index is -4.17. The highest BCUT2D eigenvalue weighted by Crippen LogP contribution is 2.52. The molecule has 5 atom stereocenters. The van der Waals surface area contributed by atoms with Gasteiger partial charge in [-0.15, -0.1) is 22.0 Å². The number of carboxylic acid groups (broad SMARTS) is 1. The number of aromatic amines is 1. The van der Waals surface area contributed by atoms with E-state index < -0.39 is 59.7 Å². The summed E-state index contributed by atoms with van der Waals surface area (Å²) in [6.45, 7) is 1.49. The zero-order valence-corrected chi connectivity index (χ0v) is 23.1. The molecular formula is C21H25N6O9PS2. The average molecular weight is 601 g/mol. The summed E-state index contributed by atoms with van der Waals surface area (Å²) in [6.07, 6.45) is -2.10. The summed E-state index contributed by atoms with van der Waals surface area (Å²) in [7, 11) is -2.99. The van der Waals surface area contributed by atoms with Crippen molar-refractivity contribution >= 4 is 48.9 Å². The maximum atomic E-state index is 13.4. The van der Waals surface area contributed by atoms with Gasteiger partial charge in [0.15, 0.2) is 6.10 Å². The number of thioether (sulfide) groups is 2. The molecule has 0 bridgehead atoms. The van der Waals surface area contributed by atoms with Gasteiger partial charge in [-0.25, -0.2) is 4.79 Å². The van der Waals surface area contributed by atoms with E-state index in [4.69, 9.17) is 9.26 Å². The Balaban J connectivity index is 1.66. The Kier molecular flexibility index (Phi) is 8.80. The van der Waals surface area contributed by atoms with Crippen LogP contribution in [0, 0.1) is 0 Å². The lowest BCUT2D eigenvalue weighted by Crippen LogP contribution is -2.81. The van der Waals surface area contributed by atoms with Crippen molar-refractivity contribution in [2.75, 3.05) is 25.6 Å². The number of carboxylic acids is 1. The lowest BCUT2D eigenvalue weighted by Gasteiger charge is -2.56. The lowest BCUT2D eigenvalue weighted by atomic mass is 9.96. The molecule has 2 aromatic rings. The molecule has 15 nitrogen and oxygen atoms in total. The molecule has 1 aromatic carbocycles. The van der Waals surface area contributed by atoms with Crippen molar-refractivity contribution in [3.8, 4) is 0 Å². The fourth-order valence-electron chi connectivity index (χ4n) is 4.20. The lowest BCUT2D eigenvalue weighted by molar-refractivity contribution is -0.193. The van der Waals surface area contributed by atoms with Crippen molar-refractivity contribution in [2.24, 2.45) is 0 Å². The number of aliphatic hydroxyl groups is 1. The summed E-state index contributed by atoms with van der Waals surface area (Å²) >= 11 is 1.97. The van der Waals surface area contributed by atoms with Crippen LogP contribution in [0.5, 0.6) is 0 Å². The molecular weight excluding hydrogens is 575 g/mol. The molecule has 18 heteroatoms. The number of aliphatic hydroxyl groups excluding tert-OH is 1. The van der Waals surface area contributed by atoms with Crippen molar-refractivity contribution in [1.29, 1.82) is 0 Å². The largest absolute Gasteiger partial charge is 0.477 e. The number of carbonyl (C=O) groups excluding carboxylic acids is 2. The zero-order valence-electron chi connectivity index (χ0n) is 20.6. The number of hydrogen-bond acceptors (Lipinski definition) is 12. The molecule has 0 radical (unpaired) electrons. The monoisotopic (exact) mass is 600 g/mol. The van der Waals surface area contributed by atoms with E-state index in [1.54, 1.807) is 25.1 Å². The number of aliphatic carboxylic acids is 1. The Morgan fingerprint density at radius 2 is 2.10 bits per heavy atom. The number of β-lactam (4-membered cyclic amide) rings is 1. The predicted molar refractivity (Wildman–Crippen MR) is 137 cm³/mol. The summed E-state index contributed by atoms with van der Waals surface area (Å²) in [4.78, 5) is 50.1. The van der Waals surface area contributed by atoms with Crippen molar-refractivity contribution in [2.45, 2.75) is 34.5 Å². The standard InChI is InChI=1S/C21H25N6O9PS2/c1-3-36-37(33,34)9-13(39-20-23-25-26-24-20)12-10-38-19-21(35-2,18(32)27(19)14(12)17(30)31)22-16(29)15(28)11-7-5-4-6-8-11/h4-8,13,15,19,28H,3,9-10H2,1-2H3,(H,22,29)(H,30,31)(H,33,34)(H,23,24,25,26)/t13?,15?,19-,21+/m0/s1. The number of methoxy groups -OCH3 is 1. The van der Waals surface area contributed by atoms with Crippen molar-refractivity contribution in [1.82, 2.24) is 30.8 Å². The van der Waals surface area contributed by atoms with Crippen LogP contribution in [0.1, 0.15) is 18.6 Å². The Labute approximate surface area is 230 Å². The van der Waals surface area contributed by atoms with Gasteiger partial charge in [-0.1, -0.05) is 42.1 Å². The van der Waals surface area contributed by atoms with Gasteiger partial charge in [0, 0.05) is 18.1 Å². The molecule has 0 spiro atoms. The van der Waals surface area contributed by atoms with Crippen LogP contribution in [-0.2, 0) is 28.2 Å². The topological polar surface area (TPSA) is 217 Å². The van der Waals surface area contributed by atoms with Crippen molar-refractivity contribution in [3.05, 3.63) is 47.2 Å². The molecule has 5 N–H and O–H groups in total. The normalized spacial score (nSPS) is 23.8. The Bertz CT molecular complexity index is 1310. The molecule has 0 saturated carbocycles. The number of benzene rings is 1. The van der Waals surface area contributed by atoms with E-state index in [-0.39, 0.29) is 23.1 Å². The summed E-state index contributed by atoms with van der Waals surface area (Å²) < 4.78 is 23.1.